The summed E-state index contributed by atoms with van der Waals surface area (Å²) in [6, 6.07) is 5.53. The predicted octanol–water partition coefficient (Wildman–Crippen LogP) is 2.36. The van der Waals surface area contributed by atoms with Gasteiger partial charge in [0.05, 0.1) is 0 Å². The van der Waals surface area contributed by atoms with Crippen molar-refractivity contribution >= 4 is 0 Å². The predicted molar refractivity (Wildman–Crippen MR) is 42.3 cm³/mol. The molecule has 58 valence electrons. The van der Waals surface area contributed by atoms with Crippen molar-refractivity contribution in [3.05, 3.63) is 34.2 Å². The molecule has 0 saturated heterocycles. The highest BCUT2D eigenvalue weighted by molar-refractivity contribution is 5.35. The molecule has 0 aliphatic rings. The van der Waals surface area contributed by atoms with Gasteiger partial charge in [-0.05, 0) is 25.5 Å². The van der Waals surface area contributed by atoms with Gasteiger partial charge in [0.1, 0.15) is 0 Å². The number of aryl methyl sites for hydroxylation is 2. The van der Waals surface area contributed by atoms with Gasteiger partial charge in [0.15, 0.2) is 11.1 Å². The van der Waals surface area contributed by atoms with Crippen LogP contribution >= 0.6 is 0 Å². The van der Waals surface area contributed by atoms with Crippen molar-refractivity contribution in [1.82, 2.24) is 0 Å². The Morgan fingerprint density at radius 1 is 1.36 bits per heavy atom. The number of hydrogen-bond acceptors (Lipinski definition) is 3. The van der Waals surface area contributed by atoms with E-state index in [0.29, 0.717) is 5.75 Å². The average molecular weight is 151 g/mol. The van der Waals surface area contributed by atoms with Crippen LogP contribution in [0, 0.1) is 18.8 Å². The maximum absolute atomic E-state index is 9.74. The number of rotatable bonds is 2. The summed E-state index contributed by atoms with van der Waals surface area (Å²) in [5, 5.41) is 2.35. The average Bonchev–Trinajstić information content (AvgIpc) is 1.95. The Labute approximate surface area is 64.9 Å². The number of nitrogens with zero attached hydrogens (tertiary/aromatic N) is 1. The second-order valence-corrected chi connectivity index (χ2v) is 2.43. The molecule has 1 aromatic carbocycles. The maximum atomic E-state index is 9.74. The molecule has 11 heavy (non-hydrogen) atoms. The zero-order valence-corrected chi connectivity index (χ0v) is 6.50. The summed E-state index contributed by atoms with van der Waals surface area (Å²) in [4.78, 5) is 14.2. The van der Waals surface area contributed by atoms with Gasteiger partial charge in [-0.3, -0.25) is 0 Å². The monoisotopic (exact) mass is 151 g/mol. The third kappa shape index (κ3) is 1.77. The van der Waals surface area contributed by atoms with Crippen LogP contribution in [-0.4, -0.2) is 0 Å². The minimum absolute atomic E-state index is 0.519. The molecule has 0 N–H and O–H groups in total. The van der Waals surface area contributed by atoms with Gasteiger partial charge in [-0.25, -0.2) is 0 Å². The van der Waals surface area contributed by atoms with Crippen LogP contribution in [0.5, 0.6) is 5.75 Å². The number of benzene rings is 1. The summed E-state index contributed by atoms with van der Waals surface area (Å²) < 4.78 is 0. The van der Waals surface area contributed by atoms with Crippen molar-refractivity contribution < 1.29 is 4.84 Å². The summed E-state index contributed by atoms with van der Waals surface area (Å²) in [5.41, 5.74) is 2.06. The van der Waals surface area contributed by atoms with Crippen LogP contribution in [0.4, 0.5) is 0 Å². The van der Waals surface area contributed by atoms with Crippen LogP contribution in [-0.2, 0) is 0 Å². The van der Waals surface area contributed by atoms with E-state index in [1.807, 2.05) is 26.0 Å². The first-order valence-corrected chi connectivity index (χ1v) is 3.31. The lowest BCUT2D eigenvalue weighted by Crippen LogP contribution is -1.85. The Morgan fingerprint density at radius 2 is 2.09 bits per heavy atom. The lowest BCUT2D eigenvalue weighted by molar-refractivity contribution is 0.332. The van der Waals surface area contributed by atoms with E-state index in [4.69, 9.17) is 0 Å². The molecule has 0 aromatic heterocycles. The van der Waals surface area contributed by atoms with Gasteiger partial charge in [-0.15, -0.1) is 4.91 Å². The first-order valence-electron chi connectivity index (χ1n) is 3.31. The quantitative estimate of drug-likeness (QED) is 0.480. The van der Waals surface area contributed by atoms with Gasteiger partial charge in [0.2, 0.25) is 0 Å². The van der Waals surface area contributed by atoms with E-state index in [2.05, 4.69) is 10.2 Å². The fraction of sp³-hybridized carbons (Fsp3) is 0.250. The Bertz CT molecular complexity index is 271. The van der Waals surface area contributed by atoms with E-state index >= 15 is 0 Å². The molecule has 0 aliphatic carbocycles. The molecule has 0 fully saturated rings. The zero-order valence-electron chi connectivity index (χ0n) is 6.50. The molecule has 3 heteroatoms. The first kappa shape index (κ1) is 7.72. The Hall–Kier alpha value is -1.38. The molecule has 0 spiro atoms. The second kappa shape index (κ2) is 3.14. The van der Waals surface area contributed by atoms with Crippen LogP contribution in [0.2, 0.25) is 0 Å². The minimum atomic E-state index is 0.519. The molecule has 1 aromatic rings. The molecule has 0 heterocycles. The molecule has 0 bridgehead atoms. The summed E-state index contributed by atoms with van der Waals surface area (Å²) in [5.74, 6) is 0.519. The van der Waals surface area contributed by atoms with Crippen LogP contribution in [0.25, 0.3) is 0 Å². The Kier molecular flexibility index (Phi) is 2.21. The molecule has 0 unspecified atom stereocenters. The fourth-order valence-corrected chi connectivity index (χ4v) is 0.942. The Balaban J connectivity index is 2.98. The smallest absolute Gasteiger partial charge is 0.164 e. The van der Waals surface area contributed by atoms with Crippen LogP contribution in [0.15, 0.2) is 23.5 Å². The van der Waals surface area contributed by atoms with Crippen molar-refractivity contribution in [2.45, 2.75) is 13.8 Å². The van der Waals surface area contributed by atoms with Crippen LogP contribution < -0.4 is 4.84 Å². The van der Waals surface area contributed by atoms with Crippen LogP contribution in [0.3, 0.4) is 0 Å². The fourth-order valence-electron chi connectivity index (χ4n) is 0.942. The van der Waals surface area contributed by atoms with Gasteiger partial charge in [-0.1, -0.05) is 17.7 Å². The highest BCUT2D eigenvalue weighted by atomic mass is 16.7. The molecule has 3 nitrogen and oxygen atoms in total. The lowest BCUT2D eigenvalue weighted by Gasteiger charge is -2.00. The summed E-state index contributed by atoms with van der Waals surface area (Å²) in [7, 11) is 0. The third-order valence-electron chi connectivity index (χ3n) is 1.47. The summed E-state index contributed by atoms with van der Waals surface area (Å²) in [6.45, 7) is 3.85. The lowest BCUT2D eigenvalue weighted by atomic mass is 10.1. The van der Waals surface area contributed by atoms with Gasteiger partial charge in [0.25, 0.3) is 0 Å². The Morgan fingerprint density at radius 3 is 2.64 bits per heavy atom. The highest BCUT2D eigenvalue weighted by Crippen LogP contribution is 2.18. The van der Waals surface area contributed by atoms with Gasteiger partial charge < -0.3 is 4.84 Å². The molecule has 0 amide bonds. The van der Waals surface area contributed by atoms with Gasteiger partial charge in [0, 0.05) is 0 Å². The second-order valence-electron chi connectivity index (χ2n) is 2.43. The summed E-state index contributed by atoms with van der Waals surface area (Å²) in [6.07, 6.45) is 0. The molecule has 0 saturated carbocycles. The molecule has 0 atom stereocenters. The molecular weight excluding hydrogens is 142 g/mol. The van der Waals surface area contributed by atoms with E-state index in [1.54, 1.807) is 6.07 Å². The normalized spacial score (nSPS) is 9.27. The van der Waals surface area contributed by atoms with E-state index in [0.717, 1.165) is 11.1 Å². The van der Waals surface area contributed by atoms with Crippen molar-refractivity contribution in [3.8, 4) is 5.75 Å². The van der Waals surface area contributed by atoms with Crippen molar-refractivity contribution in [1.29, 1.82) is 0 Å². The van der Waals surface area contributed by atoms with E-state index in [-0.39, 0.29) is 0 Å². The van der Waals surface area contributed by atoms with E-state index in [9.17, 15) is 4.91 Å². The van der Waals surface area contributed by atoms with Crippen molar-refractivity contribution in [2.24, 2.45) is 5.34 Å². The molecule has 0 radical (unpaired) electrons. The SMILES string of the molecule is Cc1ccc(ON=O)c(C)c1. The van der Waals surface area contributed by atoms with Gasteiger partial charge in [-0.2, -0.15) is 0 Å². The third-order valence-corrected chi connectivity index (χ3v) is 1.47. The van der Waals surface area contributed by atoms with Crippen LogP contribution in [0.1, 0.15) is 11.1 Å². The first-order chi connectivity index (χ1) is 5.24. The zero-order chi connectivity index (χ0) is 8.27. The van der Waals surface area contributed by atoms with Crippen molar-refractivity contribution in [3.63, 3.8) is 0 Å². The number of hydrogen-bond donors (Lipinski definition) is 0. The van der Waals surface area contributed by atoms with Gasteiger partial charge >= 0.3 is 0 Å². The topological polar surface area (TPSA) is 38.7 Å². The molecule has 1 rings (SSSR count). The highest BCUT2D eigenvalue weighted by Gasteiger charge is 1.98. The van der Waals surface area contributed by atoms with E-state index in [1.165, 1.54) is 0 Å². The van der Waals surface area contributed by atoms with Crippen molar-refractivity contribution in [2.75, 3.05) is 0 Å². The maximum Gasteiger partial charge on any atom is 0.164 e. The summed E-state index contributed by atoms with van der Waals surface area (Å²) >= 11 is 0. The van der Waals surface area contributed by atoms with E-state index < -0.39 is 0 Å². The largest absolute Gasteiger partial charge is 0.324 e. The standard InChI is InChI=1S/C8H9NO2/c1-6-3-4-8(11-9-10)7(2)5-6/h3-5H,1-2H3. The minimum Gasteiger partial charge on any atom is -0.324 e. The molecule has 0 aliphatic heterocycles. The molecular formula is C8H9NO2.